The lowest BCUT2D eigenvalue weighted by Crippen LogP contribution is -2.38. The molecule has 0 unspecified atom stereocenters. The van der Waals surface area contributed by atoms with Crippen molar-refractivity contribution in [3.8, 4) is 0 Å². The molecule has 1 amide bonds. The van der Waals surface area contributed by atoms with Crippen molar-refractivity contribution in [3.05, 3.63) is 34.3 Å². The molecule has 3 nitrogen and oxygen atoms in total. The van der Waals surface area contributed by atoms with Crippen molar-refractivity contribution < 1.29 is 4.79 Å². The second-order valence-corrected chi connectivity index (χ2v) is 4.99. The summed E-state index contributed by atoms with van der Waals surface area (Å²) in [5, 5.41) is 3.27. The summed E-state index contributed by atoms with van der Waals surface area (Å²) >= 11 is 3.38. The van der Waals surface area contributed by atoms with E-state index in [2.05, 4.69) is 21.2 Å². The fraction of sp³-hybridized carbons (Fsp3) is 0.417. The van der Waals surface area contributed by atoms with Crippen LogP contribution in [0.3, 0.4) is 0 Å². The topological polar surface area (TPSA) is 32.3 Å². The molecule has 1 fully saturated rings. The Morgan fingerprint density at radius 2 is 2.29 bits per heavy atom. The van der Waals surface area contributed by atoms with E-state index in [0.29, 0.717) is 6.04 Å². The minimum absolute atomic E-state index is 0. The number of carbonyl (C=O) groups is 1. The second-order valence-electron chi connectivity index (χ2n) is 4.07. The molecular weight excluding hydrogens is 304 g/mol. The van der Waals surface area contributed by atoms with Gasteiger partial charge in [0, 0.05) is 29.7 Å². The van der Waals surface area contributed by atoms with Gasteiger partial charge in [-0.2, -0.15) is 0 Å². The number of hydrogen-bond donors (Lipinski definition) is 1. The van der Waals surface area contributed by atoms with Crippen molar-refractivity contribution in [2.75, 3.05) is 20.1 Å². The van der Waals surface area contributed by atoms with Crippen LogP contribution >= 0.6 is 28.3 Å². The van der Waals surface area contributed by atoms with Crippen LogP contribution in [0.5, 0.6) is 0 Å². The van der Waals surface area contributed by atoms with Crippen LogP contribution in [-0.2, 0) is 0 Å². The fourth-order valence-corrected chi connectivity index (χ4v) is 2.36. The van der Waals surface area contributed by atoms with Gasteiger partial charge in [-0.1, -0.05) is 22.0 Å². The third kappa shape index (κ3) is 3.44. The minimum Gasteiger partial charge on any atom is -0.337 e. The Kier molecular flexibility index (Phi) is 5.43. The number of nitrogens with one attached hydrogen (secondary N) is 1. The van der Waals surface area contributed by atoms with Crippen molar-refractivity contribution in [1.29, 1.82) is 0 Å². The van der Waals surface area contributed by atoms with Gasteiger partial charge in [-0.25, -0.2) is 0 Å². The molecule has 1 aromatic carbocycles. The lowest BCUT2D eigenvalue weighted by molar-refractivity contribution is 0.0743. The molecule has 0 aliphatic carbocycles. The first kappa shape index (κ1) is 14.5. The molecule has 2 rings (SSSR count). The molecule has 17 heavy (non-hydrogen) atoms. The quantitative estimate of drug-likeness (QED) is 0.907. The second kappa shape index (κ2) is 6.38. The monoisotopic (exact) mass is 318 g/mol. The van der Waals surface area contributed by atoms with Crippen LogP contribution in [0.4, 0.5) is 0 Å². The summed E-state index contributed by atoms with van der Waals surface area (Å²) in [6, 6.07) is 7.85. The minimum atomic E-state index is 0. The lowest BCUT2D eigenvalue weighted by Gasteiger charge is -2.23. The number of amides is 1. The van der Waals surface area contributed by atoms with E-state index in [1.54, 1.807) is 0 Å². The molecule has 1 N–H and O–H groups in total. The Morgan fingerprint density at radius 1 is 1.53 bits per heavy atom. The maximum absolute atomic E-state index is 12.2. The van der Waals surface area contributed by atoms with Crippen LogP contribution in [0.15, 0.2) is 28.7 Å². The number of nitrogens with zero attached hydrogens (tertiary/aromatic N) is 1. The van der Waals surface area contributed by atoms with E-state index in [4.69, 9.17) is 0 Å². The van der Waals surface area contributed by atoms with Crippen LogP contribution in [0.2, 0.25) is 0 Å². The highest BCUT2D eigenvalue weighted by Gasteiger charge is 2.23. The molecule has 0 radical (unpaired) electrons. The first-order valence-corrected chi connectivity index (χ1v) is 6.21. The van der Waals surface area contributed by atoms with Crippen molar-refractivity contribution in [1.82, 2.24) is 10.2 Å². The van der Waals surface area contributed by atoms with Crippen molar-refractivity contribution in [2.45, 2.75) is 12.5 Å². The molecule has 1 aliphatic heterocycles. The van der Waals surface area contributed by atoms with E-state index in [-0.39, 0.29) is 18.3 Å². The van der Waals surface area contributed by atoms with Gasteiger partial charge in [0.25, 0.3) is 5.91 Å². The summed E-state index contributed by atoms with van der Waals surface area (Å²) in [6.07, 6.45) is 1.04. The first-order valence-electron chi connectivity index (χ1n) is 5.42. The fourth-order valence-electron chi connectivity index (χ4n) is 1.96. The van der Waals surface area contributed by atoms with Crippen LogP contribution < -0.4 is 5.32 Å². The maximum atomic E-state index is 12.2. The molecule has 1 aliphatic rings. The molecule has 0 bridgehead atoms. The average molecular weight is 320 g/mol. The molecule has 0 aromatic heterocycles. The summed E-state index contributed by atoms with van der Waals surface area (Å²) in [5.41, 5.74) is 0.740. The van der Waals surface area contributed by atoms with Crippen molar-refractivity contribution in [3.63, 3.8) is 0 Å². The SMILES string of the molecule is CN(C(=O)c1cccc(Br)c1)[C@@H]1CCNC1.Cl. The van der Waals surface area contributed by atoms with Crippen molar-refractivity contribution >= 4 is 34.2 Å². The normalized spacial score (nSPS) is 18.6. The van der Waals surface area contributed by atoms with Gasteiger partial charge in [0.05, 0.1) is 0 Å². The van der Waals surface area contributed by atoms with Gasteiger partial charge in [0.2, 0.25) is 0 Å². The van der Waals surface area contributed by atoms with Gasteiger partial charge in [0.1, 0.15) is 0 Å². The Labute approximate surface area is 116 Å². The van der Waals surface area contributed by atoms with E-state index in [0.717, 1.165) is 29.5 Å². The van der Waals surface area contributed by atoms with E-state index >= 15 is 0 Å². The molecule has 1 saturated heterocycles. The lowest BCUT2D eigenvalue weighted by atomic mass is 10.1. The third-order valence-electron chi connectivity index (χ3n) is 2.97. The molecule has 1 heterocycles. The highest BCUT2D eigenvalue weighted by molar-refractivity contribution is 9.10. The van der Waals surface area contributed by atoms with Crippen LogP contribution in [-0.4, -0.2) is 37.0 Å². The number of carbonyl (C=O) groups excluding carboxylic acids is 1. The molecule has 1 atom stereocenters. The zero-order valence-corrected chi connectivity index (χ0v) is 12.1. The summed E-state index contributed by atoms with van der Waals surface area (Å²) in [5.74, 6) is 0.0926. The van der Waals surface area contributed by atoms with Gasteiger partial charge in [0.15, 0.2) is 0 Å². The predicted molar refractivity (Wildman–Crippen MR) is 74.8 cm³/mol. The number of rotatable bonds is 2. The predicted octanol–water partition coefficient (Wildman–Crippen LogP) is 2.30. The van der Waals surface area contributed by atoms with Crippen LogP contribution in [0.1, 0.15) is 16.8 Å². The number of hydrogen-bond acceptors (Lipinski definition) is 2. The molecule has 1 aromatic rings. The van der Waals surface area contributed by atoms with Gasteiger partial charge in [-0.15, -0.1) is 12.4 Å². The number of halogens is 2. The van der Waals surface area contributed by atoms with Crippen LogP contribution in [0, 0.1) is 0 Å². The highest BCUT2D eigenvalue weighted by atomic mass is 79.9. The van der Waals surface area contributed by atoms with Crippen LogP contribution in [0.25, 0.3) is 0 Å². The highest BCUT2D eigenvalue weighted by Crippen LogP contribution is 2.15. The summed E-state index contributed by atoms with van der Waals surface area (Å²) in [7, 11) is 1.88. The summed E-state index contributed by atoms with van der Waals surface area (Å²) in [4.78, 5) is 14.0. The smallest absolute Gasteiger partial charge is 0.253 e. The van der Waals surface area contributed by atoms with Gasteiger partial charge in [-0.05, 0) is 31.2 Å². The number of benzene rings is 1. The Bertz CT molecular complexity index is 394. The molecule has 0 saturated carbocycles. The van der Waals surface area contributed by atoms with E-state index in [1.165, 1.54) is 0 Å². The Hall–Kier alpha value is -0.580. The van der Waals surface area contributed by atoms with Gasteiger partial charge >= 0.3 is 0 Å². The Morgan fingerprint density at radius 3 is 2.88 bits per heavy atom. The Balaban J connectivity index is 0.00000144. The molecular formula is C12H16BrClN2O. The summed E-state index contributed by atoms with van der Waals surface area (Å²) in [6.45, 7) is 1.90. The van der Waals surface area contributed by atoms with Gasteiger partial charge < -0.3 is 10.2 Å². The van der Waals surface area contributed by atoms with E-state index < -0.39 is 0 Å². The van der Waals surface area contributed by atoms with E-state index in [1.807, 2.05) is 36.2 Å². The first-order chi connectivity index (χ1) is 7.68. The third-order valence-corrected chi connectivity index (χ3v) is 3.47. The average Bonchev–Trinajstić information content (AvgIpc) is 2.80. The standard InChI is InChI=1S/C12H15BrN2O.ClH/c1-15(11-5-6-14-8-11)12(16)9-3-2-4-10(13)7-9;/h2-4,7,11,14H,5-6,8H2,1H3;1H/t11-;/m1./s1. The maximum Gasteiger partial charge on any atom is 0.253 e. The zero-order valence-electron chi connectivity index (χ0n) is 9.65. The molecule has 94 valence electrons. The zero-order chi connectivity index (χ0) is 11.5. The largest absolute Gasteiger partial charge is 0.337 e. The van der Waals surface area contributed by atoms with E-state index in [9.17, 15) is 4.79 Å². The summed E-state index contributed by atoms with van der Waals surface area (Å²) < 4.78 is 0.941. The van der Waals surface area contributed by atoms with Crippen molar-refractivity contribution in [2.24, 2.45) is 0 Å². The molecule has 5 heteroatoms. The molecule has 0 spiro atoms. The number of likely N-dealkylation sites (N-methyl/N-ethyl adjacent to an activating group) is 1. The van der Waals surface area contributed by atoms with Gasteiger partial charge in [-0.3, -0.25) is 4.79 Å².